The molecule has 0 bridgehead atoms. The second kappa shape index (κ2) is 5.11. The van der Waals surface area contributed by atoms with E-state index in [1.54, 1.807) is 0 Å². The van der Waals surface area contributed by atoms with E-state index in [0.717, 1.165) is 5.71 Å². The van der Waals surface area contributed by atoms with Gasteiger partial charge in [-0.05, 0) is 32.3 Å². The highest BCUT2D eigenvalue weighted by atomic mass is 14.7. The van der Waals surface area contributed by atoms with Crippen LogP contribution in [0.25, 0.3) is 0 Å². The number of nitrogens with zero attached hydrogens (tertiary/aromatic N) is 1. The van der Waals surface area contributed by atoms with Gasteiger partial charge in [-0.3, -0.25) is 4.99 Å². The molecule has 11 heavy (non-hydrogen) atoms. The molecule has 0 saturated heterocycles. The summed E-state index contributed by atoms with van der Waals surface area (Å²) in [6, 6.07) is 0. The molecule has 0 saturated carbocycles. The Bertz CT molecular complexity index is 166. The molecule has 0 radical (unpaired) electrons. The zero-order valence-corrected chi connectivity index (χ0v) is 8.31. The Kier molecular flexibility index (Phi) is 4.84. The summed E-state index contributed by atoms with van der Waals surface area (Å²) in [6.07, 6.45) is 3.37. The third-order valence-electron chi connectivity index (χ3n) is 2.18. The monoisotopic (exact) mass is 153 g/mol. The van der Waals surface area contributed by atoms with E-state index in [2.05, 4.69) is 31.8 Å². The SMILES string of the molecule is CCC(C)/C(C)=C\C(C)=NC. The molecule has 0 aliphatic carbocycles. The van der Waals surface area contributed by atoms with Crippen LogP contribution in [0, 0.1) is 5.92 Å². The van der Waals surface area contributed by atoms with Crippen LogP contribution in [-0.2, 0) is 0 Å². The minimum Gasteiger partial charge on any atom is -0.293 e. The van der Waals surface area contributed by atoms with Gasteiger partial charge in [0.2, 0.25) is 0 Å². The molecule has 0 aromatic rings. The van der Waals surface area contributed by atoms with Crippen LogP contribution in [0.1, 0.15) is 34.1 Å². The van der Waals surface area contributed by atoms with Gasteiger partial charge >= 0.3 is 0 Å². The van der Waals surface area contributed by atoms with Crippen molar-refractivity contribution in [3.63, 3.8) is 0 Å². The van der Waals surface area contributed by atoms with Gasteiger partial charge in [-0.2, -0.15) is 0 Å². The van der Waals surface area contributed by atoms with Crippen LogP contribution in [0.3, 0.4) is 0 Å². The van der Waals surface area contributed by atoms with E-state index < -0.39 is 0 Å². The molecule has 0 fully saturated rings. The zero-order valence-electron chi connectivity index (χ0n) is 8.31. The van der Waals surface area contributed by atoms with Crippen molar-refractivity contribution in [3.05, 3.63) is 11.6 Å². The van der Waals surface area contributed by atoms with E-state index in [1.165, 1.54) is 12.0 Å². The molecule has 0 rings (SSSR count). The lowest BCUT2D eigenvalue weighted by Crippen LogP contribution is -1.96. The topological polar surface area (TPSA) is 12.4 Å². The minimum absolute atomic E-state index is 0.687. The van der Waals surface area contributed by atoms with Gasteiger partial charge < -0.3 is 0 Å². The highest BCUT2D eigenvalue weighted by Crippen LogP contribution is 2.12. The third kappa shape index (κ3) is 3.97. The molecule has 0 aliphatic rings. The Morgan fingerprint density at radius 2 is 2.00 bits per heavy atom. The molecule has 64 valence electrons. The van der Waals surface area contributed by atoms with E-state index in [1.807, 2.05) is 14.0 Å². The second-order valence-electron chi connectivity index (χ2n) is 3.06. The molecular weight excluding hydrogens is 134 g/mol. The van der Waals surface area contributed by atoms with Crippen LogP contribution < -0.4 is 0 Å². The summed E-state index contributed by atoms with van der Waals surface area (Å²) >= 11 is 0. The first-order chi connectivity index (χ1) is 5.11. The van der Waals surface area contributed by atoms with Gasteiger partial charge in [0.1, 0.15) is 0 Å². The van der Waals surface area contributed by atoms with Crippen LogP contribution >= 0.6 is 0 Å². The van der Waals surface area contributed by atoms with Crippen molar-refractivity contribution in [1.29, 1.82) is 0 Å². The largest absolute Gasteiger partial charge is 0.293 e. The maximum atomic E-state index is 4.09. The van der Waals surface area contributed by atoms with E-state index in [0.29, 0.717) is 5.92 Å². The average molecular weight is 153 g/mol. The summed E-state index contributed by atoms with van der Waals surface area (Å²) < 4.78 is 0. The first-order valence-electron chi connectivity index (χ1n) is 4.23. The Balaban J connectivity index is 4.21. The van der Waals surface area contributed by atoms with Crippen molar-refractivity contribution >= 4 is 5.71 Å². The Morgan fingerprint density at radius 1 is 1.45 bits per heavy atom. The molecule has 1 nitrogen and oxygen atoms in total. The summed E-state index contributed by atoms with van der Waals surface area (Å²) in [5.41, 5.74) is 2.54. The van der Waals surface area contributed by atoms with Gasteiger partial charge in [0.25, 0.3) is 0 Å². The summed E-state index contributed by atoms with van der Waals surface area (Å²) in [6.45, 7) is 8.66. The highest BCUT2D eigenvalue weighted by molar-refractivity contribution is 5.93. The normalized spacial score (nSPS) is 16.8. The Morgan fingerprint density at radius 3 is 2.36 bits per heavy atom. The van der Waals surface area contributed by atoms with Crippen LogP contribution in [0.15, 0.2) is 16.6 Å². The molecule has 0 heterocycles. The fourth-order valence-electron chi connectivity index (χ4n) is 0.858. The molecule has 0 N–H and O–H groups in total. The van der Waals surface area contributed by atoms with Gasteiger partial charge in [0.05, 0.1) is 0 Å². The maximum Gasteiger partial charge on any atom is 0.0313 e. The van der Waals surface area contributed by atoms with E-state index >= 15 is 0 Å². The fraction of sp³-hybridized carbons (Fsp3) is 0.700. The second-order valence-corrected chi connectivity index (χ2v) is 3.06. The quantitative estimate of drug-likeness (QED) is 0.552. The van der Waals surface area contributed by atoms with Crippen molar-refractivity contribution in [1.82, 2.24) is 0 Å². The van der Waals surface area contributed by atoms with Gasteiger partial charge in [0.15, 0.2) is 0 Å². The summed E-state index contributed by atoms with van der Waals surface area (Å²) in [4.78, 5) is 4.09. The smallest absolute Gasteiger partial charge is 0.0313 e. The Labute approximate surface area is 70.2 Å². The lowest BCUT2D eigenvalue weighted by molar-refractivity contribution is 0.656. The van der Waals surface area contributed by atoms with Crippen molar-refractivity contribution in [2.24, 2.45) is 10.9 Å². The molecule has 1 heteroatoms. The lowest BCUT2D eigenvalue weighted by atomic mass is 9.99. The lowest BCUT2D eigenvalue weighted by Gasteiger charge is -2.07. The van der Waals surface area contributed by atoms with Crippen LogP contribution in [0.4, 0.5) is 0 Å². The first-order valence-corrected chi connectivity index (χ1v) is 4.23. The summed E-state index contributed by atoms with van der Waals surface area (Å²) in [5.74, 6) is 0.687. The van der Waals surface area contributed by atoms with Crippen LogP contribution in [0.2, 0.25) is 0 Å². The molecule has 1 atom stereocenters. The third-order valence-corrected chi connectivity index (χ3v) is 2.18. The predicted molar refractivity (Wildman–Crippen MR) is 52.2 cm³/mol. The molecule has 0 aromatic heterocycles. The number of rotatable bonds is 3. The number of hydrogen-bond acceptors (Lipinski definition) is 1. The van der Waals surface area contributed by atoms with E-state index in [-0.39, 0.29) is 0 Å². The zero-order chi connectivity index (χ0) is 8.85. The van der Waals surface area contributed by atoms with Crippen molar-refractivity contribution in [2.75, 3.05) is 7.05 Å². The van der Waals surface area contributed by atoms with Gasteiger partial charge in [-0.1, -0.05) is 19.4 Å². The van der Waals surface area contributed by atoms with Crippen LogP contribution in [-0.4, -0.2) is 12.8 Å². The fourth-order valence-corrected chi connectivity index (χ4v) is 0.858. The Hall–Kier alpha value is -0.590. The molecular formula is C10H19N. The average Bonchev–Trinajstić information content (AvgIpc) is 2.02. The number of hydrogen-bond donors (Lipinski definition) is 0. The van der Waals surface area contributed by atoms with Crippen molar-refractivity contribution in [2.45, 2.75) is 34.1 Å². The first kappa shape index (κ1) is 10.4. The van der Waals surface area contributed by atoms with Gasteiger partial charge in [-0.15, -0.1) is 0 Å². The van der Waals surface area contributed by atoms with Crippen molar-refractivity contribution < 1.29 is 0 Å². The molecule has 0 aliphatic heterocycles. The summed E-state index contributed by atoms with van der Waals surface area (Å²) in [5, 5.41) is 0. The van der Waals surface area contributed by atoms with E-state index in [9.17, 15) is 0 Å². The standard InChI is InChI=1S/C10H19N/c1-6-8(2)9(3)7-10(4)11-5/h7-8H,6H2,1-5H3/b9-7-,11-10?. The number of allylic oxidation sites excluding steroid dienone is 2. The predicted octanol–water partition coefficient (Wildman–Crippen LogP) is 3.07. The molecule has 1 unspecified atom stereocenters. The molecule has 0 spiro atoms. The maximum absolute atomic E-state index is 4.09. The van der Waals surface area contributed by atoms with Crippen LogP contribution in [0.5, 0.6) is 0 Å². The minimum atomic E-state index is 0.687. The molecule has 0 amide bonds. The highest BCUT2D eigenvalue weighted by Gasteiger charge is 1.99. The summed E-state index contributed by atoms with van der Waals surface area (Å²) in [7, 11) is 1.83. The molecule has 0 aromatic carbocycles. The van der Waals surface area contributed by atoms with E-state index in [4.69, 9.17) is 0 Å². The van der Waals surface area contributed by atoms with Crippen molar-refractivity contribution in [3.8, 4) is 0 Å². The number of aliphatic imine (C=N–C) groups is 1. The van der Waals surface area contributed by atoms with Gasteiger partial charge in [0, 0.05) is 12.8 Å². The van der Waals surface area contributed by atoms with Gasteiger partial charge in [-0.25, -0.2) is 0 Å².